The zero-order valence-electron chi connectivity index (χ0n) is 10.4. The Morgan fingerprint density at radius 1 is 1.44 bits per heavy atom. The monoisotopic (exact) mass is 246 g/mol. The summed E-state index contributed by atoms with van der Waals surface area (Å²) in [6, 6.07) is 3.87. The number of allylic oxidation sites excluding steroid dienone is 2. The van der Waals surface area contributed by atoms with Gasteiger partial charge in [0, 0.05) is 25.1 Å². The molecule has 0 radical (unpaired) electrons. The fourth-order valence-corrected chi connectivity index (χ4v) is 1.79. The number of rotatable bonds is 4. The molecule has 0 fully saturated rings. The number of aliphatic hydroxyl groups excluding tert-OH is 1. The van der Waals surface area contributed by atoms with E-state index in [4.69, 9.17) is 10.8 Å². The highest BCUT2D eigenvalue weighted by atomic mass is 16.3. The van der Waals surface area contributed by atoms with Crippen molar-refractivity contribution in [2.75, 3.05) is 13.2 Å². The Kier molecular flexibility index (Phi) is 3.64. The molecule has 1 aliphatic rings. The summed E-state index contributed by atoms with van der Waals surface area (Å²) in [4.78, 5) is 4.00. The number of dihydropyridines is 1. The molecule has 1 aliphatic heterocycles. The van der Waals surface area contributed by atoms with Crippen molar-refractivity contribution < 1.29 is 5.11 Å². The molecule has 0 aromatic carbocycles. The molecule has 18 heavy (non-hydrogen) atoms. The lowest BCUT2D eigenvalue weighted by atomic mass is 9.99. The van der Waals surface area contributed by atoms with Gasteiger partial charge in [-0.05, 0) is 36.3 Å². The first-order chi connectivity index (χ1) is 8.63. The van der Waals surface area contributed by atoms with Crippen LogP contribution in [0.4, 0.5) is 0 Å². The molecule has 5 nitrogen and oxygen atoms in total. The van der Waals surface area contributed by atoms with Gasteiger partial charge in [-0.1, -0.05) is 0 Å². The van der Waals surface area contributed by atoms with Gasteiger partial charge in [-0.15, -0.1) is 0 Å². The van der Waals surface area contributed by atoms with Crippen molar-refractivity contribution >= 4 is 5.57 Å². The quantitative estimate of drug-likeness (QED) is 0.608. The molecule has 2 rings (SSSR count). The highest BCUT2D eigenvalue weighted by Crippen LogP contribution is 2.22. The van der Waals surface area contributed by atoms with Crippen LogP contribution >= 0.6 is 0 Å². The van der Waals surface area contributed by atoms with Gasteiger partial charge in [0.1, 0.15) is 5.66 Å². The molecule has 0 spiro atoms. The van der Waals surface area contributed by atoms with Crippen LogP contribution in [-0.2, 0) is 0 Å². The Bertz CT molecular complexity index is 465. The average Bonchev–Trinajstić information content (AvgIpc) is 2.38. The predicted molar refractivity (Wildman–Crippen MR) is 71.1 cm³/mol. The number of aliphatic hydroxyl groups is 1. The molecular weight excluding hydrogens is 228 g/mol. The summed E-state index contributed by atoms with van der Waals surface area (Å²) in [5, 5.41) is 15.2. The summed E-state index contributed by atoms with van der Waals surface area (Å²) >= 11 is 0. The molecule has 96 valence electrons. The van der Waals surface area contributed by atoms with Crippen LogP contribution in [0.5, 0.6) is 0 Å². The number of nitrogens with zero attached hydrogens (tertiary/aromatic N) is 1. The number of pyridine rings is 1. The van der Waals surface area contributed by atoms with Crippen LogP contribution in [0.15, 0.2) is 42.5 Å². The SMILES string of the molecule is CC1(N)NC=C(c2ccncc2)C=C1NCCO. The topological polar surface area (TPSA) is 83.2 Å². The van der Waals surface area contributed by atoms with Gasteiger partial charge >= 0.3 is 0 Å². The van der Waals surface area contributed by atoms with E-state index < -0.39 is 5.66 Å². The molecule has 5 N–H and O–H groups in total. The summed E-state index contributed by atoms with van der Waals surface area (Å²) in [5.41, 5.74) is 8.42. The molecule has 1 aromatic rings. The van der Waals surface area contributed by atoms with Gasteiger partial charge in [-0.2, -0.15) is 0 Å². The van der Waals surface area contributed by atoms with Crippen molar-refractivity contribution in [1.82, 2.24) is 15.6 Å². The molecule has 0 saturated carbocycles. The first-order valence-electron chi connectivity index (χ1n) is 5.87. The van der Waals surface area contributed by atoms with Crippen molar-refractivity contribution in [2.45, 2.75) is 12.6 Å². The van der Waals surface area contributed by atoms with Crippen molar-refractivity contribution in [3.8, 4) is 0 Å². The third-order valence-corrected chi connectivity index (χ3v) is 2.83. The van der Waals surface area contributed by atoms with Crippen LogP contribution in [0, 0.1) is 0 Å². The number of nitrogens with one attached hydrogen (secondary N) is 2. The third kappa shape index (κ3) is 2.69. The average molecular weight is 246 g/mol. The van der Waals surface area contributed by atoms with Gasteiger partial charge in [0.05, 0.1) is 12.3 Å². The molecular formula is C13H18N4O. The molecule has 1 atom stereocenters. The van der Waals surface area contributed by atoms with Gasteiger partial charge in [0.2, 0.25) is 0 Å². The second-order valence-electron chi connectivity index (χ2n) is 4.39. The van der Waals surface area contributed by atoms with Crippen LogP contribution in [-0.4, -0.2) is 28.9 Å². The van der Waals surface area contributed by atoms with Crippen LogP contribution in [0.25, 0.3) is 5.57 Å². The fourth-order valence-electron chi connectivity index (χ4n) is 1.79. The Balaban J connectivity index is 2.25. The smallest absolute Gasteiger partial charge is 0.123 e. The number of nitrogens with two attached hydrogens (primary N) is 1. The van der Waals surface area contributed by atoms with Crippen LogP contribution in [0.1, 0.15) is 12.5 Å². The number of hydrogen-bond acceptors (Lipinski definition) is 5. The Morgan fingerprint density at radius 2 is 2.17 bits per heavy atom. The van der Waals surface area contributed by atoms with E-state index in [-0.39, 0.29) is 6.61 Å². The standard InChI is InChI=1S/C13H18N4O/c1-13(14)12(16-6-7-18)8-11(9-17-13)10-2-4-15-5-3-10/h2-5,8-9,16-18H,6-7,14H2,1H3. The van der Waals surface area contributed by atoms with E-state index >= 15 is 0 Å². The third-order valence-electron chi connectivity index (χ3n) is 2.83. The normalized spacial score (nSPS) is 22.8. The summed E-state index contributed by atoms with van der Waals surface area (Å²) in [5.74, 6) is 0. The fraction of sp³-hybridized carbons (Fsp3) is 0.308. The minimum Gasteiger partial charge on any atom is -0.395 e. The first-order valence-corrected chi connectivity index (χ1v) is 5.87. The highest BCUT2D eigenvalue weighted by Gasteiger charge is 2.25. The zero-order chi connectivity index (χ0) is 13.0. The summed E-state index contributed by atoms with van der Waals surface area (Å²) in [6.45, 7) is 2.43. The number of hydrogen-bond donors (Lipinski definition) is 4. The van der Waals surface area contributed by atoms with Crippen LogP contribution in [0.3, 0.4) is 0 Å². The van der Waals surface area contributed by atoms with Gasteiger partial charge < -0.3 is 21.5 Å². The lowest BCUT2D eigenvalue weighted by molar-refractivity contribution is 0.292. The molecule has 1 aromatic heterocycles. The predicted octanol–water partition coefficient (Wildman–Crippen LogP) is 0.166. The van der Waals surface area contributed by atoms with Gasteiger partial charge in [-0.3, -0.25) is 4.98 Å². The van der Waals surface area contributed by atoms with Crippen molar-refractivity contribution in [2.24, 2.45) is 5.73 Å². The number of aromatic nitrogens is 1. The van der Waals surface area contributed by atoms with E-state index in [2.05, 4.69) is 15.6 Å². The maximum atomic E-state index is 8.88. The molecule has 0 aliphatic carbocycles. The van der Waals surface area contributed by atoms with E-state index in [0.717, 1.165) is 16.8 Å². The van der Waals surface area contributed by atoms with Crippen LogP contribution in [0.2, 0.25) is 0 Å². The maximum Gasteiger partial charge on any atom is 0.123 e. The maximum absolute atomic E-state index is 8.88. The van der Waals surface area contributed by atoms with E-state index in [1.54, 1.807) is 12.4 Å². The summed E-state index contributed by atoms with van der Waals surface area (Å²) in [6.07, 6.45) is 7.38. The lowest BCUT2D eigenvalue weighted by Crippen LogP contribution is -2.55. The Morgan fingerprint density at radius 3 is 2.83 bits per heavy atom. The lowest BCUT2D eigenvalue weighted by Gasteiger charge is -2.33. The van der Waals surface area contributed by atoms with Crippen molar-refractivity contribution in [3.05, 3.63) is 48.1 Å². The molecule has 0 bridgehead atoms. The largest absolute Gasteiger partial charge is 0.395 e. The minimum absolute atomic E-state index is 0.0712. The van der Waals surface area contributed by atoms with E-state index in [0.29, 0.717) is 6.54 Å². The first kappa shape index (κ1) is 12.6. The second-order valence-corrected chi connectivity index (χ2v) is 4.39. The Hall–Kier alpha value is -1.85. The van der Waals surface area contributed by atoms with E-state index in [1.807, 2.05) is 31.3 Å². The molecule has 0 saturated heterocycles. The second kappa shape index (κ2) is 5.20. The summed E-state index contributed by atoms with van der Waals surface area (Å²) < 4.78 is 0. The molecule has 2 heterocycles. The molecule has 5 heteroatoms. The van der Waals surface area contributed by atoms with Gasteiger partial charge in [0.25, 0.3) is 0 Å². The summed E-state index contributed by atoms with van der Waals surface area (Å²) in [7, 11) is 0. The minimum atomic E-state index is -0.647. The van der Waals surface area contributed by atoms with Gasteiger partial charge in [0.15, 0.2) is 0 Å². The zero-order valence-corrected chi connectivity index (χ0v) is 10.4. The van der Waals surface area contributed by atoms with Gasteiger partial charge in [-0.25, -0.2) is 0 Å². The van der Waals surface area contributed by atoms with E-state index in [1.165, 1.54) is 0 Å². The van der Waals surface area contributed by atoms with Crippen molar-refractivity contribution in [3.63, 3.8) is 0 Å². The highest BCUT2D eigenvalue weighted by molar-refractivity contribution is 5.75. The van der Waals surface area contributed by atoms with Crippen LogP contribution < -0.4 is 16.4 Å². The molecule has 0 amide bonds. The van der Waals surface area contributed by atoms with Crippen molar-refractivity contribution in [1.29, 1.82) is 0 Å². The Labute approximate surface area is 106 Å². The van der Waals surface area contributed by atoms with E-state index in [9.17, 15) is 0 Å². The molecule has 1 unspecified atom stereocenters.